The highest BCUT2D eigenvalue weighted by Crippen LogP contribution is 2.32. The number of ether oxygens (including phenoxy) is 2. The Morgan fingerprint density at radius 1 is 1.14 bits per heavy atom. The zero-order valence-corrected chi connectivity index (χ0v) is 18.2. The predicted molar refractivity (Wildman–Crippen MR) is 107 cm³/mol. The van der Waals surface area contributed by atoms with Crippen molar-refractivity contribution in [3.05, 3.63) is 24.3 Å². The molecule has 8 nitrogen and oxygen atoms in total. The van der Waals surface area contributed by atoms with Crippen LogP contribution in [0.4, 0.5) is 0 Å². The van der Waals surface area contributed by atoms with Crippen LogP contribution >= 0.6 is 0 Å². The summed E-state index contributed by atoms with van der Waals surface area (Å²) in [7, 11) is -5.97. The molecule has 0 amide bonds. The van der Waals surface area contributed by atoms with Crippen molar-refractivity contribution in [1.82, 2.24) is 4.90 Å². The van der Waals surface area contributed by atoms with Crippen LogP contribution in [0.25, 0.3) is 0 Å². The van der Waals surface area contributed by atoms with Crippen molar-refractivity contribution in [3.8, 4) is 5.75 Å². The Morgan fingerprint density at radius 3 is 2.31 bits per heavy atom. The van der Waals surface area contributed by atoms with Gasteiger partial charge in [0.05, 0.1) is 41.3 Å². The molecule has 0 radical (unpaired) electrons. The maximum Gasteiger partial charge on any atom is 0.308 e. The number of methoxy groups -OCH3 is 1. The van der Waals surface area contributed by atoms with E-state index in [9.17, 15) is 21.6 Å². The SMILES string of the molecule is CCOc1ccc(S(=O)(=O)C2CS(=O)(=O)CC2N2CCC(C(=O)OC)CC2)cc1. The highest BCUT2D eigenvalue weighted by atomic mass is 32.2. The van der Waals surface area contributed by atoms with E-state index in [1.807, 2.05) is 11.8 Å². The van der Waals surface area contributed by atoms with E-state index in [1.165, 1.54) is 19.2 Å². The second-order valence-electron chi connectivity index (χ2n) is 7.47. The Labute approximate surface area is 172 Å². The average Bonchev–Trinajstić information content (AvgIpc) is 3.04. The summed E-state index contributed by atoms with van der Waals surface area (Å²) in [5, 5.41) is -1.03. The molecule has 2 saturated heterocycles. The molecule has 10 heteroatoms. The summed E-state index contributed by atoms with van der Waals surface area (Å²) >= 11 is 0. The molecular formula is C19H27NO7S2. The third kappa shape index (κ3) is 4.75. The molecule has 1 aromatic carbocycles. The molecule has 0 spiro atoms. The van der Waals surface area contributed by atoms with E-state index < -0.39 is 31.0 Å². The minimum Gasteiger partial charge on any atom is -0.494 e. The minimum absolute atomic E-state index is 0.0949. The van der Waals surface area contributed by atoms with E-state index >= 15 is 0 Å². The van der Waals surface area contributed by atoms with Crippen LogP contribution in [-0.4, -0.2) is 77.3 Å². The van der Waals surface area contributed by atoms with Crippen LogP contribution in [0.3, 0.4) is 0 Å². The largest absolute Gasteiger partial charge is 0.494 e. The molecule has 162 valence electrons. The maximum absolute atomic E-state index is 13.3. The molecule has 2 unspecified atom stereocenters. The van der Waals surface area contributed by atoms with E-state index in [0.717, 1.165) is 0 Å². The predicted octanol–water partition coefficient (Wildman–Crippen LogP) is 0.910. The number of esters is 1. The van der Waals surface area contributed by atoms with Gasteiger partial charge >= 0.3 is 5.97 Å². The Morgan fingerprint density at radius 2 is 1.76 bits per heavy atom. The molecule has 2 fully saturated rings. The molecule has 0 N–H and O–H groups in total. The Bertz CT molecular complexity index is 933. The number of hydrogen-bond acceptors (Lipinski definition) is 8. The fraction of sp³-hybridized carbons (Fsp3) is 0.632. The van der Waals surface area contributed by atoms with Crippen LogP contribution in [0.2, 0.25) is 0 Å². The first-order valence-corrected chi connectivity index (χ1v) is 13.0. The fourth-order valence-corrected chi connectivity index (χ4v) is 8.96. The first-order valence-electron chi connectivity index (χ1n) is 9.67. The van der Waals surface area contributed by atoms with E-state index in [2.05, 4.69) is 0 Å². The Hall–Kier alpha value is -1.65. The van der Waals surface area contributed by atoms with Gasteiger partial charge in [0, 0.05) is 6.04 Å². The molecule has 2 heterocycles. The molecule has 1 aromatic rings. The number of hydrogen-bond donors (Lipinski definition) is 0. The molecule has 0 bridgehead atoms. The van der Waals surface area contributed by atoms with Gasteiger partial charge in [0.25, 0.3) is 0 Å². The van der Waals surface area contributed by atoms with Crippen LogP contribution in [0.1, 0.15) is 19.8 Å². The normalized spacial score (nSPS) is 25.6. The summed E-state index contributed by atoms with van der Waals surface area (Å²) < 4.78 is 61.3. The highest BCUT2D eigenvalue weighted by molar-refractivity contribution is 7.96. The third-order valence-electron chi connectivity index (χ3n) is 5.67. The number of sulfone groups is 2. The van der Waals surface area contributed by atoms with Crippen molar-refractivity contribution in [3.63, 3.8) is 0 Å². The lowest BCUT2D eigenvalue weighted by Gasteiger charge is -2.36. The van der Waals surface area contributed by atoms with Crippen molar-refractivity contribution >= 4 is 25.6 Å². The number of benzene rings is 1. The van der Waals surface area contributed by atoms with Crippen LogP contribution in [0.5, 0.6) is 5.75 Å². The molecular weight excluding hydrogens is 418 g/mol. The van der Waals surface area contributed by atoms with E-state index in [4.69, 9.17) is 9.47 Å². The molecule has 2 atom stereocenters. The first-order chi connectivity index (χ1) is 13.7. The van der Waals surface area contributed by atoms with Gasteiger partial charge in [0.15, 0.2) is 19.7 Å². The van der Waals surface area contributed by atoms with Crippen LogP contribution in [-0.2, 0) is 29.2 Å². The number of carbonyl (C=O) groups excluding carboxylic acids is 1. The van der Waals surface area contributed by atoms with Crippen LogP contribution in [0.15, 0.2) is 29.2 Å². The van der Waals surface area contributed by atoms with E-state index in [-0.39, 0.29) is 28.3 Å². The van der Waals surface area contributed by atoms with Gasteiger partial charge in [-0.15, -0.1) is 0 Å². The second kappa shape index (κ2) is 8.61. The number of carbonyl (C=O) groups is 1. The third-order valence-corrected chi connectivity index (χ3v) is 9.80. The molecule has 2 aliphatic heterocycles. The van der Waals surface area contributed by atoms with Gasteiger partial charge in [0.1, 0.15) is 5.75 Å². The van der Waals surface area contributed by atoms with Crippen molar-refractivity contribution in [1.29, 1.82) is 0 Å². The number of nitrogens with zero attached hydrogens (tertiary/aromatic N) is 1. The zero-order valence-electron chi connectivity index (χ0n) is 16.6. The summed E-state index contributed by atoms with van der Waals surface area (Å²) in [6.07, 6.45) is 1.05. The molecule has 0 aliphatic carbocycles. The van der Waals surface area contributed by atoms with Crippen molar-refractivity contribution in [2.24, 2.45) is 5.92 Å². The second-order valence-corrected chi connectivity index (χ2v) is 11.8. The molecule has 2 aliphatic rings. The lowest BCUT2D eigenvalue weighted by atomic mass is 9.95. The summed E-state index contributed by atoms with van der Waals surface area (Å²) in [6, 6.07) is 5.47. The van der Waals surface area contributed by atoms with Crippen molar-refractivity contribution in [2.45, 2.75) is 36.0 Å². The fourth-order valence-electron chi connectivity index (χ4n) is 4.13. The molecule has 0 aromatic heterocycles. The number of rotatable bonds is 6. The van der Waals surface area contributed by atoms with E-state index in [0.29, 0.717) is 38.3 Å². The summed E-state index contributed by atoms with van der Waals surface area (Å²) in [4.78, 5) is 13.7. The van der Waals surface area contributed by atoms with E-state index in [1.54, 1.807) is 12.1 Å². The van der Waals surface area contributed by atoms with Crippen molar-refractivity contribution < 1.29 is 31.1 Å². The Kier molecular flexibility index (Phi) is 6.54. The summed E-state index contributed by atoms with van der Waals surface area (Å²) in [6.45, 7) is 3.24. The summed E-state index contributed by atoms with van der Waals surface area (Å²) in [5.41, 5.74) is 0. The smallest absolute Gasteiger partial charge is 0.308 e. The van der Waals surface area contributed by atoms with Gasteiger partial charge in [-0.3, -0.25) is 9.69 Å². The van der Waals surface area contributed by atoms with Crippen LogP contribution in [0, 0.1) is 5.92 Å². The lowest BCUT2D eigenvalue weighted by Crippen LogP contribution is -2.50. The van der Waals surface area contributed by atoms with Gasteiger partial charge in [-0.2, -0.15) is 0 Å². The van der Waals surface area contributed by atoms with Gasteiger partial charge in [-0.25, -0.2) is 16.8 Å². The van der Waals surface area contributed by atoms with Gasteiger partial charge < -0.3 is 9.47 Å². The minimum atomic E-state index is -3.84. The maximum atomic E-state index is 13.3. The Balaban J connectivity index is 1.81. The van der Waals surface area contributed by atoms with Gasteiger partial charge in [-0.1, -0.05) is 0 Å². The summed E-state index contributed by atoms with van der Waals surface area (Å²) in [5.74, 6) is -0.509. The average molecular weight is 446 g/mol. The topological polar surface area (TPSA) is 107 Å². The van der Waals surface area contributed by atoms with Crippen molar-refractivity contribution in [2.75, 3.05) is 38.3 Å². The highest BCUT2D eigenvalue weighted by Gasteiger charge is 2.49. The zero-order chi connectivity index (χ0) is 21.2. The van der Waals surface area contributed by atoms with Gasteiger partial charge in [-0.05, 0) is 57.1 Å². The van der Waals surface area contributed by atoms with Crippen LogP contribution < -0.4 is 4.74 Å². The molecule has 29 heavy (non-hydrogen) atoms. The lowest BCUT2D eigenvalue weighted by molar-refractivity contribution is -0.147. The number of likely N-dealkylation sites (tertiary alicyclic amines) is 1. The first kappa shape index (κ1) is 22.0. The quantitative estimate of drug-likeness (QED) is 0.595. The molecule has 0 saturated carbocycles. The monoisotopic (exact) mass is 445 g/mol. The van der Waals surface area contributed by atoms with Gasteiger partial charge in [0.2, 0.25) is 0 Å². The standard InChI is InChI=1S/C19H27NO7S2/c1-3-27-15-4-6-16(7-5-15)29(24,25)18-13-28(22,23)12-17(18)20-10-8-14(9-11-20)19(21)26-2/h4-7,14,17-18H,3,8-13H2,1-2H3. The molecule has 3 rings (SSSR count). The number of piperidine rings is 1.